The molecule has 1 atom stereocenters. The number of thioether (sulfide) groups is 1. The third kappa shape index (κ3) is 9.44. The van der Waals surface area contributed by atoms with Crippen LogP contribution in [0.5, 0.6) is 5.75 Å². The van der Waals surface area contributed by atoms with E-state index in [2.05, 4.69) is 45.0 Å². The van der Waals surface area contributed by atoms with Gasteiger partial charge >= 0.3 is 7.60 Å². The van der Waals surface area contributed by atoms with Crippen molar-refractivity contribution in [3.05, 3.63) is 58.7 Å². The third-order valence-electron chi connectivity index (χ3n) is 4.91. The summed E-state index contributed by atoms with van der Waals surface area (Å²) in [7, 11) is -1.61. The Morgan fingerprint density at radius 2 is 1.61 bits per heavy atom. The highest BCUT2D eigenvalue weighted by Gasteiger charge is 2.25. The van der Waals surface area contributed by atoms with Crippen LogP contribution in [-0.2, 0) is 29.5 Å². The second-order valence-electron chi connectivity index (χ2n) is 7.78. The first-order chi connectivity index (χ1) is 15.8. The lowest BCUT2D eigenvalue weighted by Crippen LogP contribution is -2.09. The molecule has 1 unspecified atom stereocenters. The monoisotopic (exact) mass is 496 g/mol. The van der Waals surface area contributed by atoms with Gasteiger partial charge in [-0.2, -0.15) is 0 Å². The fourth-order valence-corrected chi connectivity index (χ4v) is 5.67. The van der Waals surface area contributed by atoms with Gasteiger partial charge in [-0.25, -0.2) is 0 Å². The molecule has 0 aliphatic rings. The molecule has 8 heteroatoms. The Bertz CT molecular complexity index is 869. The maximum Gasteiger partial charge on any atom is 0.367 e. The molecular weight excluding hydrogens is 459 g/mol. The maximum absolute atomic E-state index is 12.6. The molecule has 0 spiro atoms. The van der Waals surface area contributed by atoms with Crippen LogP contribution in [0.25, 0.3) is 0 Å². The number of benzene rings is 2. The van der Waals surface area contributed by atoms with Crippen LogP contribution in [0.15, 0.2) is 41.3 Å². The fraction of sp³-hybridized carbons (Fsp3) is 0.520. The zero-order valence-corrected chi connectivity index (χ0v) is 22.3. The Kier molecular flexibility index (Phi) is 12.0. The van der Waals surface area contributed by atoms with E-state index < -0.39 is 7.60 Å². The lowest BCUT2D eigenvalue weighted by Gasteiger charge is -2.19. The molecule has 0 aliphatic carbocycles. The van der Waals surface area contributed by atoms with Gasteiger partial charge < -0.3 is 23.3 Å². The van der Waals surface area contributed by atoms with Gasteiger partial charge in [-0.1, -0.05) is 19.1 Å². The average Bonchev–Trinajstić information content (AvgIpc) is 2.76. The molecule has 0 fully saturated rings. The lowest BCUT2D eigenvalue weighted by molar-refractivity contribution is -0.0287. The highest BCUT2D eigenvalue weighted by molar-refractivity contribution is 8.00. The molecule has 33 heavy (non-hydrogen) atoms. The molecule has 2 aromatic carbocycles. The van der Waals surface area contributed by atoms with Gasteiger partial charge in [0.05, 0.1) is 19.8 Å². The zero-order chi connectivity index (χ0) is 24.3. The molecule has 0 aliphatic heterocycles. The minimum absolute atomic E-state index is 0.0963. The Hall–Kier alpha value is -1.34. The number of hydrogen-bond acceptors (Lipinski definition) is 7. The average molecular weight is 497 g/mol. The smallest absolute Gasteiger partial charge is 0.367 e. The van der Waals surface area contributed by atoms with Crippen molar-refractivity contribution in [2.45, 2.75) is 51.2 Å². The van der Waals surface area contributed by atoms with Gasteiger partial charge in [-0.05, 0) is 80.6 Å². The number of hydrogen-bond donors (Lipinski definition) is 0. The standard InChI is InChI=1S/C25H37O6PS/c1-7-30-32(26,31-8-2)18-29-23-13-19(3)25(20(4)14-23)15-22-9-11-24(12-10-22)33-21(5)16-28-17-27-6/h9-14,21H,7-8,15-18H2,1-6H3. The molecule has 0 saturated carbocycles. The molecule has 0 amide bonds. The normalized spacial score (nSPS) is 12.7. The molecule has 2 rings (SSSR count). The van der Waals surface area contributed by atoms with Crippen molar-refractivity contribution in [2.24, 2.45) is 0 Å². The molecule has 0 saturated heterocycles. The molecule has 0 aromatic heterocycles. The first kappa shape index (κ1) is 27.9. The zero-order valence-electron chi connectivity index (χ0n) is 20.6. The van der Waals surface area contributed by atoms with Crippen molar-refractivity contribution in [1.82, 2.24) is 0 Å². The van der Waals surface area contributed by atoms with E-state index in [1.54, 1.807) is 32.7 Å². The first-order valence-electron chi connectivity index (χ1n) is 11.2. The van der Waals surface area contributed by atoms with Gasteiger partial charge in [0.25, 0.3) is 0 Å². The van der Waals surface area contributed by atoms with Gasteiger partial charge in [0.2, 0.25) is 0 Å². The van der Waals surface area contributed by atoms with Gasteiger partial charge in [0, 0.05) is 17.3 Å². The first-order valence-corrected chi connectivity index (χ1v) is 13.8. The van der Waals surface area contributed by atoms with E-state index in [4.69, 9.17) is 23.3 Å². The van der Waals surface area contributed by atoms with Crippen LogP contribution < -0.4 is 4.74 Å². The number of methoxy groups -OCH3 is 1. The molecule has 2 aromatic rings. The van der Waals surface area contributed by atoms with Crippen LogP contribution in [0.2, 0.25) is 0 Å². The van der Waals surface area contributed by atoms with E-state index >= 15 is 0 Å². The number of rotatable bonds is 15. The van der Waals surface area contributed by atoms with Gasteiger partial charge in [-0.15, -0.1) is 11.8 Å². The Labute approximate surface area is 202 Å². The van der Waals surface area contributed by atoms with E-state index in [0.29, 0.717) is 37.6 Å². The van der Waals surface area contributed by atoms with Crippen molar-refractivity contribution >= 4 is 19.4 Å². The second-order valence-corrected chi connectivity index (χ2v) is 11.3. The largest absolute Gasteiger partial charge is 0.481 e. The summed E-state index contributed by atoms with van der Waals surface area (Å²) in [5.74, 6) is 0.671. The Morgan fingerprint density at radius 3 is 2.15 bits per heavy atom. The summed E-state index contributed by atoms with van der Waals surface area (Å²) in [5.41, 5.74) is 4.78. The Morgan fingerprint density at radius 1 is 1.00 bits per heavy atom. The highest BCUT2D eigenvalue weighted by atomic mass is 32.2. The minimum Gasteiger partial charge on any atom is -0.481 e. The molecule has 0 bridgehead atoms. The molecule has 0 N–H and O–H groups in total. The number of ether oxygens (including phenoxy) is 3. The van der Waals surface area contributed by atoms with Gasteiger partial charge in [0.1, 0.15) is 12.5 Å². The van der Waals surface area contributed by atoms with E-state index in [1.807, 2.05) is 12.1 Å². The van der Waals surface area contributed by atoms with Crippen LogP contribution in [0.3, 0.4) is 0 Å². The molecular formula is C25H37O6PS. The van der Waals surface area contributed by atoms with E-state index in [-0.39, 0.29) is 6.35 Å². The van der Waals surface area contributed by atoms with Crippen molar-refractivity contribution in [3.63, 3.8) is 0 Å². The van der Waals surface area contributed by atoms with Crippen molar-refractivity contribution in [1.29, 1.82) is 0 Å². The van der Waals surface area contributed by atoms with Crippen LogP contribution in [0.4, 0.5) is 0 Å². The van der Waals surface area contributed by atoms with E-state index in [1.165, 1.54) is 16.0 Å². The highest BCUT2D eigenvalue weighted by Crippen LogP contribution is 2.48. The summed E-state index contributed by atoms with van der Waals surface area (Å²) in [6.45, 7) is 11.5. The summed E-state index contributed by atoms with van der Waals surface area (Å²) < 4.78 is 39.4. The molecule has 6 nitrogen and oxygen atoms in total. The minimum atomic E-state index is -3.24. The molecule has 184 valence electrons. The summed E-state index contributed by atoms with van der Waals surface area (Å²) in [6.07, 6.45) is 0.743. The van der Waals surface area contributed by atoms with Crippen molar-refractivity contribution in [3.8, 4) is 5.75 Å². The third-order valence-corrected chi connectivity index (χ3v) is 7.74. The number of aryl methyl sites for hydroxylation is 2. The van der Waals surface area contributed by atoms with Crippen LogP contribution >= 0.6 is 19.4 Å². The summed E-state index contributed by atoms with van der Waals surface area (Å²) in [6, 6.07) is 12.6. The topological polar surface area (TPSA) is 63.2 Å². The predicted octanol–water partition coefficient (Wildman–Crippen LogP) is 6.60. The molecule has 0 heterocycles. The van der Waals surface area contributed by atoms with Crippen LogP contribution in [-0.4, -0.2) is 45.3 Å². The predicted molar refractivity (Wildman–Crippen MR) is 135 cm³/mol. The van der Waals surface area contributed by atoms with Crippen molar-refractivity contribution in [2.75, 3.05) is 40.1 Å². The van der Waals surface area contributed by atoms with E-state index in [9.17, 15) is 4.57 Å². The summed E-state index contributed by atoms with van der Waals surface area (Å²) >= 11 is 1.79. The Balaban J connectivity index is 2.00. The van der Waals surface area contributed by atoms with Gasteiger partial charge in [0.15, 0.2) is 6.35 Å². The fourth-order valence-electron chi connectivity index (χ4n) is 3.43. The lowest BCUT2D eigenvalue weighted by atomic mass is 9.96. The SMILES string of the molecule is CCOP(=O)(COc1cc(C)c(Cc2ccc(SC(C)COCOC)cc2)c(C)c1)OCC. The maximum atomic E-state index is 12.6. The quantitative estimate of drug-likeness (QED) is 0.119. The summed E-state index contributed by atoms with van der Waals surface area (Å²) in [4.78, 5) is 1.22. The van der Waals surface area contributed by atoms with Crippen molar-refractivity contribution < 1.29 is 27.8 Å². The van der Waals surface area contributed by atoms with Crippen LogP contribution in [0, 0.1) is 13.8 Å². The van der Waals surface area contributed by atoms with Crippen LogP contribution in [0.1, 0.15) is 43.0 Å². The molecule has 0 radical (unpaired) electrons. The van der Waals surface area contributed by atoms with E-state index in [0.717, 1.165) is 17.5 Å². The van der Waals surface area contributed by atoms with Gasteiger partial charge in [-0.3, -0.25) is 4.57 Å². The summed E-state index contributed by atoms with van der Waals surface area (Å²) in [5, 5.41) is 0.351. The second kappa shape index (κ2) is 14.1.